The number of carbonyl (C=O) groups excluding carboxylic acids is 3. The van der Waals surface area contributed by atoms with Crippen LogP contribution in [-0.4, -0.2) is 41.9 Å². The molecule has 0 fully saturated rings. The summed E-state index contributed by atoms with van der Waals surface area (Å²) in [6, 6.07) is 4.94. The summed E-state index contributed by atoms with van der Waals surface area (Å²) in [5.74, 6) is -0.407. The molecule has 9 nitrogen and oxygen atoms in total. The van der Waals surface area contributed by atoms with Crippen molar-refractivity contribution >= 4 is 24.3 Å². The van der Waals surface area contributed by atoms with Gasteiger partial charge in [-0.05, 0) is 28.4 Å². The summed E-state index contributed by atoms with van der Waals surface area (Å²) in [7, 11) is 0. The maximum atomic E-state index is 12.7. The summed E-state index contributed by atoms with van der Waals surface area (Å²) in [6.07, 6.45) is -0.111. The van der Waals surface area contributed by atoms with Crippen LogP contribution in [-0.2, 0) is 19.2 Å². The van der Waals surface area contributed by atoms with Gasteiger partial charge in [0.2, 0.25) is 11.8 Å². The zero-order valence-electron chi connectivity index (χ0n) is 19.8. The van der Waals surface area contributed by atoms with Gasteiger partial charge in [-0.15, -0.1) is 0 Å². The summed E-state index contributed by atoms with van der Waals surface area (Å²) >= 11 is 0. The van der Waals surface area contributed by atoms with Crippen LogP contribution in [0.5, 0.6) is 5.75 Å². The van der Waals surface area contributed by atoms with Crippen molar-refractivity contribution in [3.8, 4) is 5.75 Å². The minimum absolute atomic E-state index is 0.113. The lowest BCUT2D eigenvalue weighted by atomic mass is 9.89. The molecule has 0 bridgehead atoms. The SMILES string of the molecule is CC(C)c1cccc(C(C)C)c1OC(=O)CC(C)(C)CNC(=O)[C@@H](N)CC(N)=O.O=CO. The topological polar surface area (TPSA) is 162 Å². The summed E-state index contributed by atoms with van der Waals surface area (Å²) in [5, 5.41) is 9.57. The third-order valence-electron chi connectivity index (χ3n) is 4.66. The number of rotatable bonds is 10. The van der Waals surface area contributed by atoms with Crippen molar-refractivity contribution in [1.82, 2.24) is 5.32 Å². The molecule has 0 saturated carbocycles. The van der Waals surface area contributed by atoms with Gasteiger partial charge in [0.25, 0.3) is 6.47 Å². The second kappa shape index (κ2) is 13.5. The molecule has 1 rings (SSSR count). The van der Waals surface area contributed by atoms with Crippen LogP contribution in [0.15, 0.2) is 18.2 Å². The lowest BCUT2D eigenvalue weighted by Gasteiger charge is -2.26. The summed E-state index contributed by atoms with van der Waals surface area (Å²) in [4.78, 5) is 43.9. The Morgan fingerprint density at radius 1 is 1.12 bits per heavy atom. The maximum Gasteiger partial charge on any atom is 0.311 e. The third-order valence-corrected chi connectivity index (χ3v) is 4.66. The number of primary amides is 1. The van der Waals surface area contributed by atoms with E-state index in [4.69, 9.17) is 26.1 Å². The third kappa shape index (κ3) is 10.4. The Kier molecular flexibility index (Phi) is 12.2. The normalized spacial score (nSPS) is 11.9. The fourth-order valence-electron chi connectivity index (χ4n) is 2.97. The molecule has 0 radical (unpaired) electrons. The fraction of sp³-hybridized carbons (Fsp3) is 0.565. The van der Waals surface area contributed by atoms with Gasteiger partial charge in [0.05, 0.1) is 18.9 Å². The number of nitrogens with two attached hydrogens (primary N) is 2. The highest BCUT2D eigenvalue weighted by atomic mass is 16.5. The molecule has 1 aromatic carbocycles. The number of ether oxygens (including phenoxy) is 1. The molecule has 0 heterocycles. The molecule has 32 heavy (non-hydrogen) atoms. The Balaban J connectivity index is 0.00000302. The van der Waals surface area contributed by atoms with Crippen molar-refractivity contribution in [2.24, 2.45) is 16.9 Å². The predicted molar refractivity (Wildman–Crippen MR) is 122 cm³/mol. The largest absolute Gasteiger partial charge is 0.483 e. The first-order valence-corrected chi connectivity index (χ1v) is 10.5. The number of amides is 2. The van der Waals surface area contributed by atoms with E-state index in [1.807, 2.05) is 32.0 Å². The monoisotopic (exact) mass is 451 g/mol. The van der Waals surface area contributed by atoms with E-state index >= 15 is 0 Å². The summed E-state index contributed by atoms with van der Waals surface area (Å²) < 4.78 is 5.80. The molecule has 0 aromatic heterocycles. The van der Waals surface area contributed by atoms with Crippen molar-refractivity contribution in [3.63, 3.8) is 0 Å². The molecular formula is C23H37N3O6. The van der Waals surface area contributed by atoms with Gasteiger partial charge >= 0.3 is 5.97 Å². The molecule has 0 unspecified atom stereocenters. The lowest BCUT2D eigenvalue weighted by molar-refractivity contribution is -0.137. The molecule has 0 aliphatic heterocycles. The predicted octanol–water partition coefficient (Wildman–Crippen LogP) is 2.27. The zero-order chi connectivity index (χ0) is 25.1. The van der Waals surface area contributed by atoms with Gasteiger partial charge in [0, 0.05) is 6.54 Å². The Hall–Kier alpha value is -2.94. The number of hydrogen-bond acceptors (Lipinski definition) is 6. The van der Waals surface area contributed by atoms with E-state index < -0.39 is 23.3 Å². The van der Waals surface area contributed by atoms with Crippen LogP contribution < -0.4 is 21.5 Å². The second-order valence-corrected chi connectivity index (χ2v) is 8.99. The quantitative estimate of drug-likeness (QED) is 0.241. The molecule has 9 heteroatoms. The van der Waals surface area contributed by atoms with Gasteiger partial charge in [0.1, 0.15) is 5.75 Å². The van der Waals surface area contributed by atoms with E-state index in [0.29, 0.717) is 5.75 Å². The molecule has 0 spiro atoms. The van der Waals surface area contributed by atoms with Crippen molar-refractivity contribution in [3.05, 3.63) is 29.3 Å². The average Bonchev–Trinajstić information content (AvgIpc) is 2.65. The van der Waals surface area contributed by atoms with Crippen LogP contribution >= 0.6 is 0 Å². The number of nitrogens with one attached hydrogen (secondary N) is 1. The number of benzene rings is 1. The highest BCUT2D eigenvalue weighted by Gasteiger charge is 2.27. The van der Waals surface area contributed by atoms with Crippen LogP contribution in [0, 0.1) is 5.41 Å². The maximum absolute atomic E-state index is 12.7. The van der Waals surface area contributed by atoms with Gasteiger partial charge < -0.3 is 26.6 Å². The van der Waals surface area contributed by atoms with E-state index in [2.05, 4.69) is 33.0 Å². The van der Waals surface area contributed by atoms with Gasteiger partial charge in [-0.3, -0.25) is 19.2 Å². The first-order chi connectivity index (χ1) is 14.8. The first kappa shape index (κ1) is 29.1. The van der Waals surface area contributed by atoms with Gasteiger partial charge in [-0.1, -0.05) is 59.7 Å². The smallest absolute Gasteiger partial charge is 0.311 e. The summed E-state index contributed by atoms with van der Waals surface area (Å²) in [5.41, 5.74) is 12.1. The molecule has 2 amide bonds. The number of carbonyl (C=O) groups is 4. The molecule has 0 saturated heterocycles. The van der Waals surface area contributed by atoms with Crippen LogP contribution in [0.2, 0.25) is 0 Å². The molecular weight excluding hydrogens is 414 g/mol. The molecule has 6 N–H and O–H groups in total. The Labute approximate surface area is 189 Å². The number of para-hydroxylation sites is 1. The molecule has 0 aliphatic carbocycles. The highest BCUT2D eigenvalue weighted by Crippen LogP contribution is 2.35. The minimum atomic E-state index is -0.998. The minimum Gasteiger partial charge on any atom is -0.483 e. The zero-order valence-corrected chi connectivity index (χ0v) is 19.8. The molecule has 1 aromatic rings. The molecule has 1 atom stereocenters. The van der Waals surface area contributed by atoms with Crippen LogP contribution in [0.1, 0.15) is 77.3 Å². The standard InChI is InChI=1S/C22H35N3O4.CH2O2/c1-13(2)15-8-7-9-16(14(3)4)20(15)29-19(27)11-22(5,6)12-25-21(28)17(23)10-18(24)26;2-1-3/h7-9,13-14,17H,10-12,23H2,1-6H3,(H2,24,26)(H,25,28);1H,(H,2,3)/t17-;/m0./s1. The van der Waals surface area contributed by atoms with E-state index in [1.165, 1.54) is 0 Å². The van der Waals surface area contributed by atoms with E-state index in [-0.39, 0.29) is 43.7 Å². The molecule has 0 aliphatic rings. The van der Waals surface area contributed by atoms with Gasteiger partial charge in [-0.25, -0.2) is 0 Å². The van der Waals surface area contributed by atoms with Gasteiger partial charge in [-0.2, -0.15) is 0 Å². The van der Waals surface area contributed by atoms with E-state index in [1.54, 1.807) is 0 Å². The van der Waals surface area contributed by atoms with E-state index in [9.17, 15) is 14.4 Å². The van der Waals surface area contributed by atoms with Crippen molar-refractivity contribution < 1.29 is 29.0 Å². The Morgan fingerprint density at radius 3 is 2.00 bits per heavy atom. The average molecular weight is 452 g/mol. The van der Waals surface area contributed by atoms with Crippen LogP contribution in [0.4, 0.5) is 0 Å². The summed E-state index contributed by atoms with van der Waals surface area (Å²) in [6.45, 7) is 11.9. The van der Waals surface area contributed by atoms with Crippen LogP contribution in [0.25, 0.3) is 0 Å². The fourth-order valence-corrected chi connectivity index (χ4v) is 2.97. The van der Waals surface area contributed by atoms with E-state index in [0.717, 1.165) is 11.1 Å². The Morgan fingerprint density at radius 2 is 1.59 bits per heavy atom. The van der Waals surface area contributed by atoms with Crippen molar-refractivity contribution in [1.29, 1.82) is 0 Å². The van der Waals surface area contributed by atoms with Crippen molar-refractivity contribution in [2.45, 2.75) is 72.3 Å². The number of esters is 1. The Bertz CT molecular complexity index is 764. The first-order valence-electron chi connectivity index (χ1n) is 10.5. The molecule has 180 valence electrons. The number of hydrogen-bond donors (Lipinski definition) is 4. The highest BCUT2D eigenvalue weighted by molar-refractivity contribution is 5.87. The van der Waals surface area contributed by atoms with Crippen molar-refractivity contribution in [2.75, 3.05) is 6.54 Å². The lowest BCUT2D eigenvalue weighted by Crippen LogP contribution is -2.46. The number of carboxylic acid groups (broad SMARTS) is 1. The van der Waals surface area contributed by atoms with Gasteiger partial charge in [0.15, 0.2) is 0 Å². The second-order valence-electron chi connectivity index (χ2n) is 8.99. The van der Waals surface area contributed by atoms with Crippen LogP contribution in [0.3, 0.4) is 0 Å².